The second kappa shape index (κ2) is 7.26. The average molecular weight is 379 g/mol. The van der Waals surface area contributed by atoms with Gasteiger partial charge in [0.05, 0.1) is 27.0 Å². The monoisotopic (exact) mass is 379 g/mol. The summed E-state index contributed by atoms with van der Waals surface area (Å²) in [5.41, 5.74) is 2.54. The maximum Gasteiger partial charge on any atom is 0.226 e. The van der Waals surface area contributed by atoms with Crippen molar-refractivity contribution in [3.05, 3.63) is 60.0 Å². The largest absolute Gasteiger partial charge is 0.493 e. The Labute approximate surface area is 162 Å². The molecule has 0 radical (unpaired) electrons. The van der Waals surface area contributed by atoms with Crippen molar-refractivity contribution in [3.8, 4) is 22.9 Å². The number of fused-ring (bicyclic) bond motifs is 1. The first-order chi connectivity index (χ1) is 13.7. The summed E-state index contributed by atoms with van der Waals surface area (Å²) in [6.07, 6.45) is 2.00. The summed E-state index contributed by atoms with van der Waals surface area (Å²) in [4.78, 5) is 17.1. The lowest BCUT2D eigenvalue weighted by atomic mass is 9.88. The van der Waals surface area contributed by atoms with Crippen molar-refractivity contribution in [1.29, 1.82) is 0 Å². The molecule has 0 bridgehead atoms. The highest BCUT2D eigenvalue weighted by Gasteiger charge is 2.34. The van der Waals surface area contributed by atoms with Crippen LogP contribution in [0.1, 0.15) is 23.6 Å². The highest BCUT2D eigenvalue weighted by atomic mass is 16.5. The number of methoxy groups -OCH3 is 3. The lowest BCUT2D eigenvalue weighted by Gasteiger charge is -2.25. The molecule has 144 valence electrons. The molecule has 2 heterocycles. The summed E-state index contributed by atoms with van der Waals surface area (Å²) in [7, 11) is 4.71. The van der Waals surface area contributed by atoms with Gasteiger partial charge in [-0.15, -0.1) is 0 Å². The van der Waals surface area contributed by atoms with Gasteiger partial charge >= 0.3 is 0 Å². The molecule has 1 atom stereocenters. The van der Waals surface area contributed by atoms with Gasteiger partial charge in [-0.25, -0.2) is 4.98 Å². The van der Waals surface area contributed by atoms with Crippen LogP contribution < -0.4 is 19.5 Å². The molecule has 0 saturated carbocycles. The quantitative estimate of drug-likeness (QED) is 0.736. The van der Waals surface area contributed by atoms with E-state index in [2.05, 4.69) is 10.3 Å². The van der Waals surface area contributed by atoms with E-state index in [0.29, 0.717) is 23.1 Å². The summed E-state index contributed by atoms with van der Waals surface area (Å²) < 4.78 is 18.4. The molecular weight excluding hydrogens is 358 g/mol. The fraction of sp³-hybridized carbons (Fsp3) is 0.238. The SMILES string of the molecule is COc1ccc([C@H]2CC(=O)Nc3c2ncn3-c2ccccc2)c(OC)c1OC. The summed E-state index contributed by atoms with van der Waals surface area (Å²) in [6, 6.07) is 13.5. The molecule has 7 nitrogen and oxygen atoms in total. The second-order valence-electron chi connectivity index (χ2n) is 6.41. The normalized spacial score (nSPS) is 15.5. The number of nitrogens with zero attached hydrogens (tertiary/aromatic N) is 2. The maximum atomic E-state index is 12.5. The Morgan fingerprint density at radius 3 is 2.43 bits per heavy atom. The van der Waals surface area contributed by atoms with Crippen molar-refractivity contribution in [2.75, 3.05) is 26.6 Å². The maximum absolute atomic E-state index is 12.5. The van der Waals surface area contributed by atoms with Gasteiger partial charge < -0.3 is 19.5 Å². The van der Waals surface area contributed by atoms with Crippen molar-refractivity contribution < 1.29 is 19.0 Å². The fourth-order valence-electron chi connectivity index (χ4n) is 3.65. The van der Waals surface area contributed by atoms with Crippen LogP contribution in [0, 0.1) is 0 Å². The highest BCUT2D eigenvalue weighted by molar-refractivity contribution is 5.94. The summed E-state index contributed by atoms with van der Waals surface area (Å²) in [5, 5.41) is 2.96. The van der Waals surface area contributed by atoms with E-state index in [1.165, 1.54) is 0 Å². The number of carbonyl (C=O) groups excluding carboxylic acids is 1. The molecule has 2 aromatic carbocycles. The second-order valence-corrected chi connectivity index (χ2v) is 6.41. The van der Waals surface area contributed by atoms with E-state index in [0.717, 1.165) is 16.9 Å². The number of imidazole rings is 1. The average Bonchev–Trinajstić information content (AvgIpc) is 3.16. The molecule has 0 aliphatic carbocycles. The zero-order valence-electron chi connectivity index (χ0n) is 15.9. The third-order valence-corrected chi connectivity index (χ3v) is 4.92. The number of hydrogen-bond acceptors (Lipinski definition) is 5. The number of nitrogens with one attached hydrogen (secondary N) is 1. The van der Waals surface area contributed by atoms with E-state index in [-0.39, 0.29) is 18.2 Å². The molecule has 0 spiro atoms. The van der Waals surface area contributed by atoms with Crippen molar-refractivity contribution in [2.45, 2.75) is 12.3 Å². The lowest BCUT2D eigenvalue weighted by Crippen LogP contribution is -2.25. The Morgan fingerprint density at radius 1 is 1.00 bits per heavy atom. The number of hydrogen-bond donors (Lipinski definition) is 1. The molecule has 7 heteroatoms. The van der Waals surface area contributed by atoms with Crippen LogP contribution in [0.5, 0.6) is 17.2 Å². The van der Waals surface area contributed by atoms with Crippen LogP contribution in [-0.4, -0.2) is 36.8 Å². The highest BCUT2D eigenvalue weighted by Crippen LogP contribution is 2.47. The Hall–Kier alpha value is -3.48. The van der Waals surface area contributed by atoms with Crippen LogP contribution in [-0.2, 0) is 4.79 Å². The number of benzene rings is 2. The predicted molar refractivity (Wildman–Crippen MR) is 105 cm³/mol. The topological polar surface area (TPSA) is 74.6 Å². The Morgan fingerprint density at radius 2 is 1.75 bits per heavy atom. The van der Waals surface area contributed by atoms with Crippen LogP contribution in [0.15, 0.2) is 48.8 Å². The van der Waals surface area contributed by atoms with Crippen LogP contribution in [0.4, 0.5) is 5.82 Å². The van der Waals surface area contributed by atoms with Crippen molar-refractivity contribution in [2.24, 2.45) is 0 Å². The first kappa shape index (κ1) is 17.9. The summed E-state index contributed by atoms with van der Waals surface area (Å²) in [6.45, 7) is 0. The van der Waals surface area contributed by atoms with E-state index < -0.39 is 0 Å². The Bertz CT molecular complexity index is 1010. The number of carbonyl (C=O) groups is 1. The number of rotatable bonds is 5. The van der Waals surface area contributed by atoms with Gasteiger partial charge in [0, 0.05) is 23.6 Å². The van der Waals surface area contributed by atoms with E-state index in [1.54, 1.807) is 27.7 Å². The van der Waals surface area contributed by atoms with Gasteiger partial charge in [-0.1, -0.05) is 24.3 Å². The number of aromatic nitrogens is 2. The van der Waals surface area contributed by atoms with Gasteiger partial charge in [0.2, 0.25) is 11.7 Å². The standard InChI is InChI=1S/C21H21N3O4/c1-26-16-10-9-14(19(27-2)20(16)28-3)15-11-17(25)23-21-18(15)22-12-24(21)13-7-5-4-6-8-13/h4-10,12,15H,11H2,1-3H3,(H,23,25)/t15-/m1/s1. The molecular formula is C21H21N3O4. The predicted octanol–water partition coefficient (Wildman–Crippen LogP) is 3.37. The zero-order chi connectivity index (χ0) is 19.7. The third kappa shape index (κ3) is 2.85. The van der Waals surface area contributed by atoms with E-state index in [4.69, 9.17) is 14.2 Å². The number of ether oxygens (including phenoxy) is 3. The smallest absolute Gasteiger partial charge is 0.226 e. The van der Waals surface area contributed by atoms with E-state index in [9.17, 15) is 4.79 Å². The first-order valence-electron chi connectivity index (χ1n) is 8.89. The number of para-hydroxylation sites is 1. The lowest BCUT2D eigenvalue weighted by molar-refractivity contribution is -0.116. The molecule has 28 heavy (non-hydrogen) atoms. The van der Waals surface area contributed by atoms with Gasteiger partial charge in [0.25, 0.3) is 0 Å². The Kier molecular flexibility index (Phi) is 4.65. The third-order valence-electron chi connectivity index (χ3n) is 4.92. The van der Waals surface area contributed by atoms with Crippen molar-refractivity contribution >= 4 is 11.7 Å². The molecule has 1 N–H and O–H groups in total. The van der Waals surface area contributed by atoms with Crippen LogP contribution in [0.2, 0.25) is 0 Å². The van der Waals surface area contributed by atoms with E-state index >= 15 is 0 Å². The van der Waals surface area contributed by atoms with Gasteiger partial charge in [-0.05, 0) is 18.2 Å². The van der Waals surface area contributed by atoms with Crippen LogP contribution in [0.3, 0.4) is 0 Å². The van der Waals surface area contributed by atoms with Crippen molar-refractivity contribution in [1.82, 2.24) is 9.55 Å². The Balaban J connectivity index is 1.86. The van der Waals surface area contributed by atoms with Crippen molar-refractivity contribution in [3.63, 3.8) is 0 Å². The van der Waals surface area contributed by atoms with Gasteiger partial charge in [0.1, 0.15) is 12.1 Å². The van der Waals surface area contributed by atoms with Gasteiger partial charge in [-0.3, -0.25) is 9.36 Å². The van der Waals surface area contributed by atoms with Gasteiger partial charge in [-0.2, -0.15) is 0 Å². The summed E-state index contributed by atoms with van der Waals surface area (Å²) >= 11 is 0. The molecule has 1 aliphatic heterocycles. The number of amides is 1. The summed E-state index contributed by atoms with van der Waals surface area (Å²) in [5.74, 6) is 1.94. The molecule has 0 fully saturated rings. The molecule has 3 aromatic rings. The molecule has 0 saturated heterocycles. The number of anilines is 1. The first-order valence-corrected chi connectivity index (χ1v) is 8.89. The van der Waals surface area contributed by atoms with Crippen LogP contribution >= 0.6 is 0 Å². The zero-order valence-corrected chi connectivity index (χ0v) is 15.9. The van der Waals surface area contributed by atoms with Gasteiger partial charge in [0.15, 0.2) is 11.5 Å². The molecule has 4 rings (SSSR count). The molecule has 1 amide bonds. The minimum atomic E-state index is -0.261. The minimum absolute atomic E-state index is 0.0768. The minimum Gasteiger partial charge on any atom is -0.493 e. The molecule has 1 aromatic heterocycles. The van der Waals surface area contributed by atoms with E-state index in [1.807, 2.05) is 47.0 Å². The van der Waals surface area contributed by atoms with Crippen LogP contribution in [0.25, 0.3) is 5.69 Å². The fourth-order valence-corrected chi connectivity index (χ4v) is 3.65. The molecule has 1 aliphatic rings. The molecule has 0 unspecified atom stereocenters.